The van der Waals surface area contributed by atoms with E-state index in [1.165, 1.54) is 12.1 Å². The van der Waals surface area contributed by atoms with Crippen LogP contribution in [0.25, 0.3) is 0 Å². The maximum absolute atomic E-state index is 13.8. The highest BCUT2D eigenvalue weighted by Crippen LogP contribution is 2.18. The van der Waals surface area contributed by atoms with Crippen molar-refractivity contribution in [3.05, 3.63) is 53.0 Å². The van der Waals surface area contributed by atoms with Crippen molar-refractivity contribution in [3.63, 3.8) is 0 Å². The molecule has 1 aliphatic rings. The average molecular weight is 332 g/mol. The Bertz CT molecular complexity index is 761. The molecule has 24 heavy (non-hydrogen) atoms. The maximum Gasteiger partial charge on any atom is 0.242 e. The van der Waals surface area contributed by atoms with E-state index in [1.807, 2.05) is 24.8 Å². The summed E-state index contributed by atoms with van der Waals surface area (Å²) in [7, 11) is 0. The van der Waals surface area contributed by atoms with Crippen molar-refractivity contribution in [3.8, 4) is 0 Å². The lowest BCUT2D eigenvalue weighted by molar-refractivity contribution is -0.131. The Labute approximate surface area is 138 Å². The molecule has 3 rings (SSSR count). The van der Waals surface area contributed by atoms with Gasteiger partial charge in [0.1, 0.15) is 23.3 Å². The number of piperazine rings is 1. The number of amides is 1. The van der Waals surface area contributed by atoms with Crippen LogP contribution >= 0.6 is 0 Å². The first-order chi connectivity index (χ1) is 11.4. The van der Waals surface area contributed by atoms with E-state index in [0.717, 1.165) is 17.6 Å². The lowest BCUT2D eigenvalue weighted by Crippen LogP contribution is -2.50. The number of rotatable bonds is 3. The van der Waals surface area contributed by atoms with E-state index in [2.05, 4.69) is 9.97 Å². The summed E-state index contributed by atoms with van der Waals surface area (Å²) in [5, 5.41) is 0. The Balaban J connectivity index is 1.70. The standard InChI is InChI=1S/C17H18F2N4O/c1-11-7-16(21-12(2)20-11)22-5-6-23(17(24)10-22)9-13-3-4-14(18)8-15(13)19/h3-4,7-8H,5-6,9-10H2,1-2H3. The molecule has 0 spiro atoms. The number of hydrogen-bond donors (Lipinski definition) is 0. The molecule has 0 N–H and O–H groups in total. The van der Waals surface area contributed by atoms with Crippen LogP contribution in [0.1, 0.15) is 17.1 Å². The predicted octanol–water partition coefficient (Wildman–Crippen LogP) is 2.22. The fourth-order valence-electron chi connectivity index (χ4n) is 2.79. The van der Waals surface area contributed by atoms with Crippen molar-refractivity contribution in [1.82, 2.24) is 14.9 Å². The van der Waals surface area contributed by atoms with Crippen molar-refractivity contribution >= 4 is 11.7 Å². The Kier molecular flexibility index (Phi) is 4.42. The molecule has 1 saturated heterocycles. The topological polar surface area (TPSA) is 49.3 Å². The lowest BCUT2D eigenvalue weighted by Gasteiger charge is -2.35. The summed E-state index contributed by atoms with van der Waals surface area (Å²) in [4.78, 5) is 24.4. The summed E-state index contributed by atoms with van der Waals surface area (Å²) in [5.74, 6) is 0.0160. The first-order valence-electron chi connectivity index (χ1n) is 7.71. The van der Waals surface area contributed by atoms with Gasteiger partial charge in [0.05, 0.1) is 6.54 Å². The number of benzene rings is 1. The first kappa shape index (κ1) is 16.3. The molecule has 1 aliphatic heterocycles. The maximum atomic E-state index is 13.8. The fourth-order valence-corrected chi connectivity index (χ4v) is 2.79. The molecule has 0 saturated carbocycles. The number of anilines is 1. The summed E-state index contributed by atoms with van der Waals surface area (Å²) in [6, 6.07) is 5.26. The Morgan fingerprint density at radius 2 is 1.92 bits per heavy atom. The van der Waals surface area contributed by atoms with Gasteiger partial charge in [0.2, 0.25) is 5.91 Å². The van der Waals surface area contributed by atoms with E-state index >= 15 is 0 Å². The molecule has 1 aromatic heterocycles. The first-order valence-corrected chi connectivity index (χ1v) is 7.71. The number of carbonyl (C=O) groups is 1. The summed E-state index contributed by atoms with van der Waals surface area (Å²) in [6.07, 6.45) is 0. The zero-order valence-corrected chi connectivity index (χ0v) is 13.6. The van der Waals surface area contributed by atoms with Gasteiger partial charge in [-0.05, 0) is 19.9 Å². The normalized spacial score (nSPS) is 15.1. The molecule has 1 amide bonds. The summed E-state index contributed by atoms with van der Waals surface area (Å²) in [5.41, 5.74) is 1.16. The monoisotopic (exact) mass is 332 g/mol. The molecule has 7 heteroatoms. The molecule has 5 nitrogen and oxygen atoms in total. The number of aromatic nitrogens is 2. The minimum Gasteiger partial charge on any atom is -0.345 e. The third-order valence-electron chi connectivity index (χ3n) is 3.97. The van der Waals surface area contributed by atoms with E-state index < -0.39 is 11.6 Å². The summed E-state index contributed by atoms with van der Waals surface area (Å²) in [6.45, 7) is 5.07. The van der Waals surface area contributed by atoms with Crippen LogP contribution in [0, 0.1) is 25.5 Å². The molecule has 0 unspecified atom stereocenters. The van der Waals surface area contributed by atoms with Gasteiger partial charge in [-0.2, -0.15) is 0 Å². The third-order valence-corrected chi connectivity index (χ3v) is 3.97. The molecule has 0 bridgehead atoms. The van der Waals surface area contributed by atoms with Crippen LogP contribution in [0.3, 0.4) is 0 Å². The van der Waals surface area contributed by atoms with Gasteiger partial charge in [0, 0.05) is 43.0 Å². The lowest BCUT2D eigenvalue weighted by atomic mass is 10.1. The molecule has 1 aromatic carbocycles. The van der Waals surface area contributed by atoms with Gasteiger partial charge < -0.3 is 9.80 Å². The number of halogens is 2. The molecular formula is C17H18F2N4O. The minimum absolute atomic E-state index is 0.112. The number of carbonyl (C=O) groups excluding carboxylic acids is 1. The van der Waals surface area contributed by atoms with E-state index in [9.17, 15) is 13.6 Å². The van der Waals surface area contributed by atoms with Gasteiger partial charge in [-0.3, -0.25) is 4.79 Å². The Morgan fingerprint density at radius 1 is 1.12 bits per heavy atom. The molecule has 0 aliphatic carbocycles. The van der Waals surface area contributed by atoms with E-state index in [0.29, 0.717) is 24.5 Å². The van der Waals surface area contributed by atoms with Gasteiger partial charge in [0.25, 0.3) is 0 Å². The molecular weight excluding hydrogens is 314 g/mol. The van der Waals surface area contributed by atoms with Crippen molar-refractivity contribution in [2.75, 3.05) is 24.5 Å². The van der Waals surface area contributed by atoms with Crippen LogP contribution in [-0.2, 0) is 11.3 Å². The third kappa shape index (κ3) is 3.50. The molecule has 2 heterocycles. The number of hydrogen-bond acceptors (Lipinski definition) is 4. The van der Waals surface area contributed by atoms with Gasteiger partial charge in [-0.1, -0.05) is 6.07 Å². The van der Waals surface area contributed by atoms with Crippen LogP contribution in [0.15, 0.2) is 24.3 Å². The Hall–Kier alpha value is -2.57. The molecule has 126 valence electrons. The van der Waals surface area contributed by atoms with Crippen LogP contribution in [0.5, 0.6) is 0 Å². The van der Waals surface area contributed by atoms with E-state index in [1.54, 1.807) is 4.90 Å². The SMILES string of the molecule is Cc1cc(N2CCN(Cc3ccc(F)cc3F)C(=O)C2)nc(C)n1. The van der Waals surface area contributed by atoms with Crippen molar-refractivity contribution in [2.45, 2.75) is 20.4 Å². The highest BCUT2D eigenvalue weighted by molar-refractivity contribution is 5.82. The highest BCUT2D eigenvalue weighted by atomic mass is 19.1. The molecule has 2 aromatic rings. The second-order valence-electron chi connectivity index (χ2n) is 5.89. The number of nitrogens with zero attached hydrogens (tertiary/aromatic N) is 4. The van der Waals surface area contributed by atoms with Crippen LogP contribution in [0.4, 0.5) is 14.6 Å². The quantitative estimate of drug-likeness (QED) is 0.865. The fraction of sp³-hybridized carbons (Fsp3) is 0.353. The minimum atomic E-state index is -0.632. The summed E-state index contributed by atoms with van der Waals surface area (Å²) < 4.78 is 26.7. The summed E-state index contributed by atoms with van der Waals surface area (Å²) >= 11 is 0. The van der Waals surface area contributed by atoms with Crippen molar-refractivity contribution in [1.29, 1.82) is 0 Å². The van der Waals surface area contributed by atoms with Crippen molar-refractivity contribution in [2.24, 2.45) is 0 Å². The van der Waals surface area contributed by atoms with Gasteiger partial charge in [-0.25, -0.2) is 18.7 Å². The van der Waals surface area contributed by atoms with Crippen LogP contribution in [0.2, 0.25) is 0 Å². The second-order valence-corrected chi connectivity index (χ2v) is 5.89. The molecule has 0 atom stereocenters. The zero-order valence-electron chi connectivity index (χ0n) is 13.6. The van der Waals surface area contributed by atoms with Crippen molar-refractivity contribution < 1.29 is 13.6 Å². The highest BCUT2D eigenvalue weighted by Gasteiger charge is 2.25. The average Bonchev–Trinajstić information content (AvgIpc) is 2.50. The van der Waals surface area contributed by atoms with Gasteiger partial charge in [-0.15, -0.1) is 0 Å². The van der Waals surface area contributed by atoms with E-state index in [-0.39, 0.29) is 19.0 Å². The predicted molar refractivity (Wildman–Crippen MR) is 85.5 cm³/mol. The largest absolute Gasteiger partial charge is 0.345 e. The Morgan fingerprint density at radius 3 is 2.58 bits per heavy atom. The smallest absolute Gasteiger partial charge is 0.242 e. The number of aryl methyl sites for hydroxylation is 2. The molecule has 1 fully saturated rings. The molecule has 0 radical (unpaired) electrons. The zero-order chi connectivity index (χ0) is 17.3. The van der Waals surface area contributed by atoms with Gasteiger partial charge >= 0.3 is 0 Å². The second kappa shape index (κ2) is 6.51. The van der Waals surface area contributed by atoms with Gasteiger partial charge in [0.15, 0.2) is 0 Å². The van der Waals surface area contributed by atoms with Crippen LogP contribution < -0.4 is 4.90 Å². The van der Waals surface area contributed by atoms with E-state index in [4.69, 9.17) is 0 Å². The van der Waals surface area contributed by atoms with Crippen LogP contribution in [-0.4, -0.2) is 40.4 Å².